The van der Waals surface area contributed by atoms with E-state index in [0.717, 1.165) is 12.1 Å². The molecule has 0 aliphatic rings. The van der Waals surface area contributed by atoms with Crippen LogP contribution in [0.3, 0.4) is 0 Å². The molecule has 0 atom stereocenters. The van der Waals surface area contributed by atoms with Gasteiger partial charge in [0.2, 0.25) is 5.91 Å². The summed E-state index contributed by atoms with van der Waals surface area (Å²) in [7, 11) is 1.49. The minimum atomic E-state index is -4.39. The summed E-state index contributed by atoms with van der Waals surface area (Å²) in [6.45, 7) is -0.0947. The Morgan fingerprint density at radius 1 is 1.22 bits per heavy atom. The van der Waals surface area contributed by atoms with Gasteiger partial charge in [0.1, 0.15) is 12.4 Å². The smallest absolute Gasteiger partial charge is 0.416 e. The molecule has 1 aromatic rings. The number of benzene rings is 1. The van der Waals surface area contributed by atoms with Crippen LogP contribution < -0.4 is 10.1 Å². The highest BCUT2D eigenvalue weighted by Crippen LogP contribution is 2.30. The molecule has 1 amide bonds. The van der Waals surface area contributed by atoms with Crippen LogP contribution in [-0.2, 0) is 15.8 Å². The van der Waals surface area contributed by atoms with Gasteiger partial charge in [-0.2, -0.15) is 13.2 Å². The molecule has 2 N–H and O–H groups in total. The number of carbonyl (C=O) groups is 2. The second-order valence-electron chi connectivity index (χ2n) is 4.79. The van der Waals surface area contributed by atoms with Gasteiger partial charge in [0, 0.05) is 0 Å². The normalized spacial score (nSPS) is 11.3. The quantitative estimate of drug-likeness (QED) is 0.699. The van der Waals surface area contributed by atoms with Gasteiger partial charge < -0.3 is 15.2 Å². The van der Waals surface area contributed by atoms with E-state index in [1.165, 1.54) is 24.1 Å². The Kier molecular flexibility index (Phi) is 6.83. The number of halogens is 3. The standard InChI is InChI=1S/C14H17F3N2O4/c1-19(9-13(21)22)8-12(20)18-6-7-23-11-4-2-10(3-5-11)14(15,16)17/h2-5H,6-9H2,1H3,(H,18,20)(H,21,22). The van der Waals surface area contributed by atoms with Gasteiger partial charge in [-0.15, -0.1) is 0 Å². The van der Waals surface area contributed by atoms with Crippen molar-refractivity contribution in [2.45, 2.75) is 6.18 Å². The summed E-state index contributed by atoms with van der Waals surface area (Å²) in [6.07, 6.45) is -4.39. The predicted octanol–water partition coefficient (Wildman–Crippen LogP) is 1.22. The molecule has 0 aromatic heterocycles. The minimum absolute atomic E-state index is 0.0768. The van der Waals surface area contributed by atoms with Crippen LogP contribution in [0.5, 0.6) is 5.75 Å². The summed E-state index contributed by atoms with van der Waals surface area (Å²) >= 11 is 0. The Morgan fingerprint density at radius 2 is 1.83 bits per heavy atom. The third kappa shape index (κ3) is 7.50. The van der Waals surface area contributed by atoms with E-state index in [-0.39, 0.29) is 37.9 Å². The van der Waals surface area contributed by atoms with Gasteiger partial charge in [0.15, 0.2) is 0 Å². The maximum atomic E-state index is 12.4. The van der Waals surface area contributed by atoms with E-state index in [9.17, 15) is 22.8 Å². The van der Waals surface area contributed by atoms with Crippen LogP contribution in [-0.4, -0.2) is 55.2 Å². The molecule has 1 aromatic carbocycles. The van der Waals surface area contributed by atoms with Gasteiger partial charge in [0.05, 0.1) is 25.2 Å². The van der Waals surface area contributed by atoms with Crippen molar-refractivity contribution in [3.8, 4) is 5.75 Å². The van der Waals surface area contributed by atoms with Gasteiger partial charge >= 0.3 is 12.1 Å². The molecule has 23 heavy (non-hydrogen) atoms. The molecule has 1 rings (SSSR count). The SMILES string of the molecule is CN(CC(=O)O)CC(=O)NCCOc1ccc(C(F)(F)F)cc1. The van der Waals surface area contributed by atoms with Crippen LogP contribution in [0.4, 0.5) is 13.2 Å². The second kappa shape index (κ2) is 8.37. The summed E-state index contributed by atoms with van der Waals surface area (Å²) in [5.74, 6) is -1.15. The zero-order valence-corrected chi connectivity index (χ0v) is 12.4. The summed E-state index contributed by atoms with van der Waals surface area (Å²) in [4.78, 5) is 23.2. The average Bonchev–Trinajstić information content (AvgIpc) is 2.42. The Labute approximate surface area is 130 Å². The summed E-state index contributed by atoms with van der Waals surface area (Å²) in [6, 6.07) is 4.22. The lowest BCUT2D eigenvalue weighted by atomic mass is 10.2. The first-order chi connectivity index (χ1) is 10.7. The van der Waals surface area contributed by atoms with E-state index < -0.39 is 17.7 Å². The predicted molar refractivity (Wildman–Crippen MR) is 75.1 cm³/mol. The summed E-state index contributed by atoms with van der Waals surface area (Å²) in [5.41, 5.74) is -0.764. The molecule has 0 fully saturated rings. The Hall–Kier alpha value is -2.29. The lowest BCUT2D eigenvalue weighted by Gasteiger charge is -2.14. The highest BCUT2D eigenvalue weighted by atomic mass is 19.4. The number of amides is 1. The topological polar surface area (TPSA) is 78.9 Å². The van der Waals surface area contributed by atoms with Crippen molar-refractivity contribution in [3.05, 3.63) is 29.8 Å². The first-order valence-electron chi connectivity index (χ1n) is 6.65. The van der Waals surface area contributed by atoms with E-state index in [1.54, 1.807) is 0 Å². The fourth-order valence-corrected chi connectivity index (χ4v) is 1.69. The number of ether oxygens (including phenoxy) is 1. The average molecular weight is 334 g/mol. The Bertz CT molecular complexity index is 532. The zero-order valence-electron chi connectivity index (χ0n) is 12.4. The van der Waals surface area contributed by atoms with Crippen molar-refractivity contribution >= 4 is 11.9 Å². The fourth-order valence-electron chi connectivity index (χ4n) is 1.69. The largest absolute Gasteiger partial charge is 0.492 e. The van der Waals surface area contributed by atoms with Crippen LogP contribution in [0.15, 0.2) is 24.3 Å². The van der Waals surface area contributed by atoms with E-state index >= 15 is 0 Å². The first kappa shape index (κ1) is 18.8. The number of carbonyl (C=O) groups excluding carboxylic acids is 1. The lowest BCUT2D eigenvalue weighted by molar-refractivity contribution is -0.139. The van der Waals surface area contributed by atoms with Crippen molar-refractivity contribution in [1.29, 1.82) is 0 Å². The van der Waals surface area contributed by atoms with Crippen molar-refractivity contribution < 1.29 is 32.6 Å². The molecule has 0 unspecified atom stereocenters. The number of alkyl halides is 3. The molecule has 0 spiro atoms. The van der Waals surface area contributed by atoms with Crippen LogP contribution in [0.2, 0.25) is 0 Å². The van der Waals surface area contributed by atoms with Gasteiger partial charge in [-0.3, -0.25) is 14.5 Å². The second-order valence-corrected chi connectivity index (χ2v) is 4.79. The molecular weight excluding hydrogens is 317 g/mol. The number of carboxylic acids is 1. The number of hydrogen-bond acceptors (Lipinski definition) is 4. The Morgan fingerprint density at radius 3 is 2.35 bits per heavy atom. The summed E-state index contributed by atoms with van der Waals surface area (Å²) < 4.78 is 42.3. The number of hydrogen-bond donors (Lipinski definition) is 2. The van der Waals surface area contributed by atoms with Crippen molar-refractivity contribution in [1.82, 2.24) is 10.2 Å². The maximum Gasteiger partial charge on any atom is 0.416 e. The Balaban J connectivity index is 2.27. The maximum absolute atomic E-state index is 12.4. The number of rotatable bonds is 8. The van der Waals surface area contributed by atoms with Crippen molar-refractivity contribution in [3.63, 3.8) is 0 Å². The van der Waals surface area contributed by atoms with Crippen LogP contribution >= 0.6 is 0 Å². The minimum Gasteiger partial charge on any atom is -0.492 e. The number of nitrogens with one attached hydrogen (secondary N) is 1. The summed E-state index contributed by atoms with van der Waals surface area (Å²) in [5, 5.41) is 11.1. The molecular formula is C14H17F3N2O4. The van der Waals surface area contributed by atoms with Crippen molar-refractivity contribution in [2.24, 2.45) is 0 Å². The molecule has 0 saturated carbocycles. The molecule has 0 bridgehead atoms. The molecule has 9 heteroatoms. The zero-order chi connectivity index (χ0) is 17.5. The molecule has 6 nitrogen and oxygen atoms in total. The number of aliphatic carboxylic acids is 1. The molecule has 128 valence electrons. The fraction of sp³-hybridized carbons (Fsp3) is 0.429. The molecule has 0 radical (unpaired) electrons. The van der Waals surface area contributed by atoms with E-state index in [2.05, 4.69) is 5.32 Å². The van der Waals surface area contributed by atoms with Crippen LogP contribution in [0.1, 0.15) is 5.56 Å². The monoisotopic (exact) mass is 334 g/mol. The molecule has 0 aliphatic carbocycles. The van der Waals surface area contributed by atoms with E-state index in [4.69, 9.17) is 9.84 Å². The van der Waals surface area contributed by atoms with Gasteiger partial charge in [0.25, 0.3) is 0 Å². The van der Waals surface area contributed by atoms with E-state index in [1.807, 2.05) is 0 Å². The lowest BCUT2D eigenvalue weighted by Crippen LogP contribution is -2.38. The van der Waals surface area contributed by atoms with Gasteiger partial charge in [-0.1, -0.05) is 0 Å². The van der Waals surface area contributed by atoms with Crippen LogP contribution in [0.25, 0.3) is 0 Å². The highest BCUT2D eigenvalue weighted by Gasteiger charge is 2.29. The first-order valence-corrected chi connectivity index (χ1v) is 6.65. The highest BCUT2D eigenvalue weighted by molar-refractivity contribution is 5.78. The molecule has 0 saturated heterocycles. The number of carboxylic acid groups (broad SMARTS) is 1. The third-order valence-electron chi connectivity index (χ3n) is 2.69. The molecule has 0 aliphatic heterocycles. The van der Waals surface area contributed by atoms with Crippen molar-refractivity contribution in [2.75, 3.05) is 33.3 Å². The van der Waals surface area contributed by atoms with E-state index in [0.29, 0.717) is 0 Å². The molecule has 0 heterocycles. The third-order valence-corrected chi connectivity index (χ3v) is 2.69. The number of nitrogens with zero attached hydrogens (tertiary/aromatic N) is 1. The number of likely N-dealkylation sites (N-methyl/N-ethyl adjacent to an activating group) is 1. The van der Waals surface area contributed by atoms with Gasteiger partial charge in [-0.05, 0) is 31.3 Å². The van der Waals surface area contributed by atoms with Gasteiger partial charge in [-0.25, -0.2) is 0 Å². The van der Waals surface area contributed by atoms with Crippen LogP contribution in [0, 0.1) is 0 Å².